The number of pyridine rings is 1. The number of nitrogens with zero attached hydrogens (tertiary/aromatic N) is 2. The molecule has 2 aromatic rings. The molecule has 1 aromatic heterocycles. The summed E-state index contributed by atoms with van der Waals surface area (Å²) < 4.78 is 11.4. The number of carbonyl (C=O) groups excluding carboxylic acids is 2. The Morgan fingerprint density at radius 3 is 2.55 bits per heavy atom. The minimum atomic E-state index is -0.612. The smallest absolute Gasteiger partial charge is 0.410 e. The lowest BCUT2D eigenvalue weighted by molar-refractivity contribution is 0.0221. The molecule has 1 aliphatic heterocycles. The largest absolute Gasteiger partial charge is 0.487 e. The quantitative estimate of drug-likeness (QED) is 0.694. The summed E-state index contributed by atoms with van der Waals surface area (Å²) in [6.07, 6.45) is 0.876. The van der Waals surface area contributed by atoms with Crippen molar-refractivity contribution in [3.63, 3.8) is 0 Å². The molecule has 1 aromatic carbocycles. The van der Waals surface area contributed by atoms with Gasteiger partial charge in [-0.15, -0.1) is 0 Å². The zero-order valence-electron chi connectivity index (χ0n) is 17.5. The Kier molecular flexibility index (Phi) is 6.20. The third-order valence-electron chi connectivity index (χ3n) is 4.65. The summed E-state index contributed by atoms with van der Waals surface area (Å²) in [5, 5.41) is 0. The number of ketones is 1. The molecule has 0 radical (unpaired) electrons. The summed E-state index contributed by atoms with van der Waals surface area (Å²) in [6, 6.07) is 12.7. The van der Waals surface area contributed by atoms with Crippen molar-refractivity contribution in [3.05, 3.63) is 59.4 Å². The number of benzene rings is 1. The van der Waals surface area contributed by atoms with Gasteiger partial charge in [-0.1, -0.05) is 30.3 Å². The number of Topliss-reactive ketones (excluding diaryl/α,β-unsaturated/α-hetero) is 1. The second kappa shape index (κ2) is 8.64. The van der Waals surface area contributed by atoms with Crippen molar-refractivity contribution in [3.8, 4) is 5.75 Å². The number of aryl methyl sites for hydroxylation is 1. The Bertz CT molecular complexity index is 874. The minimum absolute atomic E-state index is 0.208. The van der Waals surface area contributed by atoms with Crippen molar-refractivity contribution in [2.75, 3.05) is 6.54 Å². The third kappa shape index (κ3) is 5.34. The number of aromatic nitrogens is 1. The van der Waals surface area contributed by atoms with E-state index in [-0.39, 0.29) is 11.5 Å². The van der Waals surface area contributed by atoms with Gasteiger partial charge in [0.25, 0.3) is 0 Å². The Morgan fingerprint density at radius 1 is 1.14 bits per heavy atom. The van der Waals surface area contributed by atoms with Crippen LogP contribution in [0.15, 0.2) is 42.5 Å². The topological polar surface area (TPSA) is 68.7 Å². The predicted octanol–water partition coefficient (Wildman–Crippen LogP) is 4.55. The van der Waals surface area contributed by atoms with E-state index in [0.717, 1.165) is 17.7 Å². The Labute approximate surface area is 171 Å². The third-order valence-corrected chi connectivity index (χ3v) is 4.65. The SMILES string of the molecule is Cc1ccc(OCc2ccccc2)c(C(=O)C2CCCN2C(=O)OC(C)(C)C)n1. The molecule has 0 saturated carbocycles. The molecular weight excluding hydrogens is 368 g/mol. The van der Waals surface area contributed by atoms with E-state index in [0.29, 0.717) is 25.3 Å². The maximum Gasteiger partial charge on any atom is 0.410 e. The number of amides is 1. The molecule has 1 atom stereocenters. The Balaban J connectivity index is 1.80. The van der Waals surface area contributed by atoms with Gasteiger partial charge in [0.15, 0.2) is 5.69 Å². The lowest BCUT2D eigenvalue weighted by Gasteiger charge is -2.28. The van der Waals surface area contributed by atoms with E-state index in [1.165, 1.54) is 4.90 Å². The van der Waals surface area contributed by atoms with Crippen LogP contribution in [0.1, 0.15) is 55.4 Å². The van der Waals surface area contributed by atoms with Crippen LogP contribution < -0.4 is 4.74 Å². The molecule has 1 fully saturated rings. The summed E-state index contributed by atoms with van der Waals surface area (Å²) >= 11 is 0. The molecule has 3 rings (SSSR count). The molecule has 1 saturated heterocycles. The van der Waals surface area contributed by atoms with Crippen LogP contribution in [0.2, 0.25) is 0 Å². The van der Waals surface area contributed by atoms with Crippen molar-refractivity contribution in [2.24, 2.45) is 0 Å². The molecule has 154 valence electrons. The molecule has 1 aliphatic rings. The number of hydrogen-bond donors (Lipinski definition) is 0. The van der Waals surface area contributed by atoms with Crippen molar-refractivity contribution in [1.29, 1.82) is 0 Å². The summed E-state index contributed by atoms with van der Waals surface area (Å²) in [7, 11) is 0. The number of ether oxygens (including phenoxy) is 2. The van der Waals surface area contributed by atoms with E-state index < -0.39 is 17.7 Å². The number of carbonyl (C=O) groups is 2. The number of rotatable bonds is 5. The first kappa shape index (κ1) is 20.8. The fraction of sp³-hybridized carbons (Fsp3) is 0.435. The van der Waals surface area contributed by atoms with E-state index in [1.54, 1.807) is 6.07 Å². The average Bonchev–Trinajstić information content (AvgIpc) is 3.16. The number of hydrogen-bond acceptors (Lipinski definition) is 5. The molecule has 0 aliphatic carbocycles. The highest BCUT2D eigenvalue weighted by atomic mass is 16.6. The van der Waals surface area contributed by atoms with E-state index in [9.17, 15) is 9.59 Å². The maximum absolute atomic E-state index is 13.3. The summed E-state index contributed by atoms with van der Waals surface area (Å²) in [5.74, 6) is 0.223. The monoisotopic (exact) mass is 396 g/mol. The van der Waals surface area contributed by atoms with Crippen molar-refractivity contribution in [1.82, 2.24) is 9.88 Å². The normalized spacial score (nSPS) is 16.6. The standard InChI is InChI=1S/C23H28N2O4/c1-16-12-13-19(28-15-17-9-6-5-7-10-17)20(24-16)21(26)18-11-8-14-25(18)22(27)29-23(2,3)4/h5-7,9-10,12-13,18H,8,11,14-15H2,1-4H3. The molecule has 0 spiro atoms. The molecule has 0 bridgehead atoms. The molecule has 0 N–H and O–H groups in total. The second-order valence-corrected chi connectivity index (χ2v) is 8.27. The van der Waals surface area contributed by atoms with Gasteiger partial charge in [-0.2, -0.15) is 0 Å². The summed E-state index contributed by atoms with van der Waals surface area (Å²) in [6.45, 7) is 8.11. The van der Waals surface area contributed by atoms with Crippen LogP contribution in [0.25, 0.3) is 0 Å². The molecule has 2 heterocycles. The fourth-order valence-electron chi connectivity index (χ4n) is 3.31. The van der Waals surface area contributed by atoms with Crippen molar-refractivity contribution < 1.29 is 19.1 Å². The first-order valence-corrected chi connectivity index (χ1v) is 9.93. The van der Waals surface area contributed by atoms with Crippen LogP contribution in [-0.2, 0) is 11.3 Å². The highest BCUT2D eigenvalue weighted by Crippen LogP contribution is 2.27. The van der Waals surface area contributed by atoms with Gasteiger partial charge in [-0.3, -0.25) is 9.69 Å². The second-order valence-electron chi connectivity index (χ2n) is 8.27. The maximum atomic E-state index is 13.3. The van der Waals surface area contributed by atoms with Crippen LogP contribution in [0.3, 0.4) is 0 Å². The Hall–Kier alpha value is -2.89. The van der Waals surface area contributed by atoms with Gasteiger partial charge in [0.05, 0.1) is 0 Å². The molecule has 6 heteroatoms. The highest BCUT2D eigenvalue weighted by molar-refractivity contribution is 6.02. The summed E-state index contributed by atoms with van der Waals surface area (Å²) in [4.78, 5) is 31.8. The molecule has 1 amide bonds. The minimum Gasteiger partial charge on any atom is -0.487 e. The Morgan fingerprint density at radius 2 is 1.86 bits per heavy atom. The predicted molar refractivity (Wildman–Crippen MR) is 110 cm³/mol. The van der Waals surface area contributed by atoms with Crippen molar-refractivity contribution in [2.45, 2.75) is 58.8 Å². The van der Waals surface area contributed by atoms with Crippen LogP contribution in [-0.4, -0.2) is 39.9 Å². The molecule has 1 unspecified atom stereocenters. The van der Waals surface area contributed by atoms with Crippen LogP contribution in [0.5, 0.6) is 5.75 Å². The van der Waals surface area contributed by atoms with E-state index in [1.807, 2.05) is 64.1 Å². The van der Waals surface area contributed by atoms with Gasteiger partial charge >= 0.3 is 6.09 Å². The van der Waals surface area contributed by atoms with Crippen LogP contribution in [0, 0.1) is 6.92 Å². The van der Waals surface area contributed by atoms with E-state index >= 15 is 0 Å². The molecule has 6 nitrogen and oxygen atoms in total. The zero-order valence-corrected chi connectivity index (χ0v) is 17.5. The van der Waals surface area contributed by atoms with Gasteiger partial charge in [-0.25, -0.2) is 9.78 Å². The first-order chi connectivity index (χ1) is 13.7. The van der Waals surface area contributed by atoms with Gasteiger partial charge in [0.1, 0.15) is 24.0 Å². The van der Waals surface area contributed by atoms with E-state index in [4.69, 9.17) is 9.47 Å². The molecular formula is C23H28N2O4. The number of likely N-dealkylation sites (tertiary alicyclic amines) is 1. The highest BCUT2D eigenvalue weighted by Gasteiger charge is 2.38. The lowest BCUT2D eigenvalue weighted by Crippen LogP contribution is -2.43. The summed E-state index contributed by atoms with van der Waals surface area (Å²) in [5.41, 5.74) is 1.38. The van der Waals surface area contributed by atoms with E-state index in [2.05, 4.69) is 4.98 Å². The van der Waals surface area contributed by atoms with Gasteiger partial charge in [-0.05, 0) is 58.2 Å². The fourth-order valence-corrected chi connectivity index (χ4v) is 3.31. The zero-order chi connectivity index (χ0) is 21.0. The van der Waals surface area contributed by atoms with Crippen molar-refractivity contribution >= 4 is 11.9 Å². The first-order valence-electron chi connectivity index (χ1n) is 9.93. The van der Waals surface area contributed by atoms with Gasteiger partial charge < -0.3 is 9.47 Å². The van der Waals surface area contributed by atoms with Crippen LogP contribution in [0.4, 0.5) is 4.79 Å². The molecule has 29 heavy (non-hydrogen) atoms. The average molecular weight is 396 g/mol. The van der Waals surface area contributed by atoms with Gasteiger partial charge in [0.2, 0.25) is 5.78 Å². The van der Waals surface area contributed by atoms with Gasteiger partial charge in [0, 0.05) is 12.2 Å². The lowest BCUT2D eigenvalue weighted by atomic mass is 10.1. The van der Waals surface area contributed by atoms with Crippen LogP contribution >= 0.6 is 0 Å².